The molecule has 17 heavy (non-hydrogen) atoms. The smallest absolute Gasteiger partial charge is 0.134 e. The fourth-order valence-corrected chi connectivity index (χ4v) is 2.11. The Balaban J connectivity index is 2.68. The second kappa shape index (κ2) is 4.63. The minimum atomic E-state index is -0.638. The van der Waals surface area contributed by atoms with Crippen molar-refractivity contribution in [3.63, 3.8) is 0 Å². The number of hydrogen-bond donors (Lipinski definition) is 0. The molecule has 0 atom stereocenters. The van der Waals surface area contributed by atoms with Gasteiger partial charge in [-0.3, -0.25) is 0 Å². The molecule has 0 aliphatic rings. The number of rotatable bonds is 1. The Morgan fingerprint density at radius 3 is 1.88 bits per heavy atom. The quantitative estimate of drug-likeness (QED) is 0.681. The molecule has 0 spiro atoms. The molecule has 0 fully saturated rings. The van der Waals surface area contributed by atoms with Crippen LogP contribution in [0.5, 0.6) is 0 Å². The molecule has 0 heterocycles. The molecule has 4 heteroatoms. The summed E-state index contributed by atoms with van der Waals surface area (Å²) < 4.78 is 27.4. The zero-order valence-electron chi connectivity index (χ0n) is 8.82. The van der Waals surface area contributed by atoms with Crippen LogP contribution in [0.15, 0.2) is 24.3 Å². The molecule has 87 valence electrons. The van der Waals surface area contributed by atoms with E-state index in [2.05, 4.69) is 6.07 Å². The van der Waals surface area contributed by atoms with Gasteiger partial charge in [0.2, 0.25) is 0 Å². The van der Waals surface area contributed by atoms with E-state index in [0.29, 0.717) is 11.1 Å². The van der Waals surface area contributed by atoms with Crippen LogP contribution >= 0.6 is 23.2 Å². The first-order valence-electron chi connectivity index (χ1n) is 4.82. The third-order valence-corrected chi connectivity index (χ3v) is 2.69. The van der Waals surface area contributed by atoms with Gasteiger partial charge >= 0.3 is 0 Å². The van der Waals surface area contributed by atoms with E-state index in [1.54, 1.807) is 6.92 Å². The van der Waals surface area contributed by atoms with Crippen molar-refractivity contribution in [1.29, 1.82) is 0 Å². The molecule has 2 aromatic carbocycles. The van der Waals surface area contributed by atoms with E-state index < -0.39 is 11.6 Å². The predicted octanol–water partition coefficient (Wildman–Crippen LogP) is 5.05. The second-order valence-electron chi connectivity index (χ2n) is 3.67. The van der Waals surface area contributed by atoms with Gasteiger partial charge in [-0.1, -0.05) is 23.2 Å². The number of halogens is 4. The van der Waals surface area contributed by atoms with Crippen molar-refractivity contribution in [1.82, 2.24) is 0 Å². The molecule has 0 saturated heterocycles. The summed E-state index contributed by atoms with van der Waals surface area (Å²) in [6.07, 6.45) is 0. The predicted molar refractivity (Wildman–Crippen MR) is 65.4 cm³/mol. The lowest BCUT2D eigenvalue weighted by Crippen LogP contribution is -1.92. The topological polar surface area (TPSA) is 0 Å². The zero-order valence-corrected chi connectivity index (χ0v) is 10.3. The lowest BCUT2D eigenvalue weighted by atomic mass is 10.0. The molecule has 0 saturated carbocycles. The summed E-state index contributed by atoms with van der Waals surface area (Å²) in [6, 6.07) is 7.98. The molecule has 0 aromatic heterocycles. The number of aryl methyl sites for hydroxylation is 1. The molecule has 0 bridgehead atoms. The highest BCUT2D eigenvalue weighted by atomic mass is 35.5. The SMILES string of the molecule is Cc1cc(F)c(-c2cc(Cl)[c]c(Cl)c2)c(F)c1. The van der Waals surface area contributed by atoms with Crippen molar-refractivity contribution in [2.75, 3.05) is 0 Å². The van der Waals surface area contributed by atoms with Crippen LogP contribution in [-0.4, -0.2) is 0 Å². The minimum absolute atomic E-state index is 0.131. The fraction of sp³-hybridized carbons (Fsp3) is 0.0769. The first kappa shape index (κ1) is 12.3. The molecule has 2 rings (SSSR count). The van der Waals surface area contributed by atoms with Gasteiger partial charge in [-0.25, -0.2) is 8.78 Å². The van der Waals surface area contributed by atoms with Gasteiger partial charge in [-0.2, -0.15) is 0 Å². The van der Waals surface area contributed by atoms with Gasteiger partial charge in [0.15, 0.2) is 0 Å². The van der Waals surface area contributed by atoms with Crippen molar-refractivity contribution in [3.05, 3.63) is 57.6 Å². The normalized spacial score (nSPS) is 10.6. The Hall–Kier alpha value is -1.12. The average molecular weight is 272 g/mol. The van der Waals surface area contributed by atoms with Crippen LogP contribution < -0.4 is 0 Å². The van der Waals surface area contributed by atoms with Gasteiger partial charge in [0.05, 0.1) is 15.6 Å². The van der Waals surface area contributed by atoms with Crippen LogP contribution in [0.1, 0.15) is 5.56 Å². The van der Waals surface area contributed by atoms with Crippen molar-refractivity contribution in [2.24, 2.45) is 0 Å². The Morgan fingerprint density at radius 1 is 0.941 bits per heavy atom. The Morgan fingerprint density at radius 2 is 1.41 bits per heavy atom. The number of benzene rings is 2. The summed E-state index contributed by atoms with van der Waals surface area (Å²) in [6.45, 7) is 1.62. The maximum Gasteiger partial charge on any atom is 0.134 e. The van der Waals surface area contributed by atoms with Gasteiger partial charge in [0, 0.05) is 6.07 Å². The molecule has 2 aromatic rings. The van der Waals surface area contributed by atoms with Gasteiger partial charge in [-0.15, -0.1) is 0 Å². The number of hydrogen-bond acceptors (Lipinski definition) is 0. The van der Waals surface area contributed by atoms with Crippen LogP contribution in [0, 0.1) is 24.6 Å². The van der Waals surface area contributed by atoms with Crippen LogP contribution in [-0.2, 0) is 0 Å². The maximum atomic E-state index is 13.7. The monoisotopic (exact) mass is 271 g/mol. The van der Waals surface area contributed by atoms with Crippen LogP contribution in [0.4, 0.5) is 8.78 Å². The van der Waals surface area contributed by atoms with Crippen LogP contribution in [0.25, 0.3) is 11.1 Å². The fourth-order valence-electron chi connectivity index (χ4n) is 1.62. The summed E-state index contributed by atoms with van der Waals surface area (Å²) in [4.78, 5) is 0. The summed E-state index contributed by atoms with van der Waals surface area (Å²) in [5.41, 5.74) is 0.686. The highest BCUT2D eigenvalue weighted by Gasteiger charge is 2.13. The molecular weight excluding hydrogens is 265 g/mol. The standard InChI is InChI=1S/C13H7Cl2F2/c1-7-2-11(16)13(12(17)3-7)8-4-9(14)6-10(15)5-8/h2-5H,1H3. The van der Waals surface area contributed by atoms with Crippen LogP contribution in [0.3, 0.4) is 0 Å². The molecule has 0 amide bonds. The Bertz CT molecular complexity index is 536. The zero-order chi connectivity index (χ0) is 12.6. The van der Waals surface area contributed by atoms with Crippen molar-refractivity contribution in [2.45, 2.75) is 6.92 Å². The first-order valence-corrected chi connectivity index (χ1v) is 5.57. The van der Waals surface area contributed by atoms with Crippen molar-refractivity contribution >= 4 is 23.2 Å². The van der Waals surface area contributed by atoms with E-state index in [-0.39, 0.29) is 15.6 Å². The van der Waals surface area contributed by atoms with E-state index in [4.69, 9.17) is 23.2 Å². The summed E-state index contributed by atoms with van der Waals surface area (Å²) in [7, 11) is 0. The molecule has 0 unspecified atom stereocenters. The molecule has 1 radical (unpaired) electrons. The van der Waals surface area contributed by atoms with Crippen molar-refractivity contribution < 1.29 is 8.78 Å². The molecule has 0 nitrogen and oxygen atoms in total. The van der Waals surface area contributed by atoms with Crippen LogP contribution in [0.2, 0.25) is 10.0 Å². The van der Waals surface area contributed by atoms with E-state index in [1.165, 1.54) is 24.3 Å². The van der Waals surface area contributed by atoms with Crippen molar-refractivity contribution in [3.8, 4) is 11.1 Å². The Kier molecular flexibility index (Phi) is 3.36. The van der Waals surface area contributed by atoms with E-state index in [0.717, 1.165) is 0 Å². The summed E-state index contributed by atoms with van der Waals surface area (Å²) >= 11 is 11.5. The average Bonchev–Trinajstić information content (AvgIpc) is 2.13. The van der Waals surface area contributed by atoms with E-state index in [9.17, 15) is 8.78 Å². The molecule has 0 N–H and O–H groups in total. The third-order valence-electron chi connectivity index (χ3n) is 2.28. The highest BCUT2D eigenvalue weighted by Crippen LogP contribution is 2.31. The lowest BCUT2D eigenvalue weighted by Gasteiger charge is -2.07. The van der Waals surface area contributed by atoms with Gasteiger partial charge in [0.1, 0.15) is 11.6 Å². The Labute approximate surface area is 108 Å². The largest absolute Gasteiger partial charge is 0.206 e. The highest BCUT2D eigenvalue weighted by molar-refractivity contribution is 6.34. The summed E-state index contributed by atoms with van der Waals surface area (Å²) in [5, 5.41) is 0.429. The second-order valence-corrected chi connectivity index (χ2v) is 4.48. The minimum Gasteiger partial charge on any atom is -0.206 e. The first-order chi connectivity index (χ1) is 7.97. The molecular formula is C13H7Cl2F2. The van der Waals surface area contributed by atoms with Gasteiger partial charge in [0.25, 0.3) is 0 Å². The van der Waals surface area contributed by atoms with Gasteiger partial charge < -0.3 is 0 Å². The van der Waals surface area contributed by atoms with Gasteiger partial charge in [-0.05, 0) is 42.3 Å². The lowest BCUT2D eigenvalue weighted by molar-refractivity contribution is 0.588. The third kappa shape index (κ3) is 2.59. The molecule has 0 aliphatic heterocycles. The summed E-state index contributed by atoms with van der Waals surface area (Å²) in [5.74, 6) is -1.28. The van der Waals surface area contributed by atoms with E-state index >= 15 is 0 Å². The molecule has 0 aliphatic carbocycles. The van der Waals surface area contributed by atoms with E-state index in [1.807, 2.05) is 0 Å². The maximum absolute atomic E-state index is 13.7.